The van der Waals surface area contributed by atoms with Crippen LogP contribution in [-0.2, 0) is 9.47 Å². The lowest BCUT2D eigenvalue weighted by molar-refractivity contribution is 0.00590. The molecule has 7 heteroatoms. The first-order valence-corrected chi connectivity index (χ1v) is 10.2. The Morgan fingerprint density at radius 3 is 2.78 bits per heavy atom. The second-order valence-electron chi connectivity index (χ2n) is 7.86. The average molecular weight is 374 g/mol. The molecule has 7 nitrogen and oxygen atoms in total. The van der Waals surface area contributed by atoms with Crippen molar-refractivity contribution in [3.63, 3.8) is 0 Å². The molecule has 0 unspecified atom stereocenters. The van der Waals surface area contributed by atoms with E-state index < -0.39 is 6.09 Å². The van der Waals surface area contributed by atoms with Gasteiger partial charge in [-0.1, -0.05) is 0 Å². The van der Waals surface area contributed by atoms with E-state index in [0.717, 1.165) is 31.6 Å². The van der Waals surface area contributed by atoms with E-state index in [2.05, 4.69) is 27.0 Å². The molecule has 1 amide bonds. The van der Waals surface area contributed by atoms with Gasteiger partial charge in [0.25, 0.3) is 0 Å². The van der Waals surface area contributed by atoms with Gasteiger partial charge in [-0.05, 0) is 44.9 Å². The van der Waals surface area contributed by atoms with E-state index in [-0.39, 0.29) is 6.10 Å². The minimum atomic E-state index is -0.439. The molecule has 4 heterocycles. The Hall–Kier alpha value is -1.86. The first-order chi connectivity index (χ1) is 13.2. The maximum Gasteiger partial charge on any atom is 0.413 e. The van der Waals surface area contributed by atoms with Crippen molar-refractivity contribution in [1.82, 2.24) is 9.88 Å². The second kappa shape index (κ2) is 8.44. The van der Waals surface area contributed by atoms with Gasteiger partial charge in [0.2, 0.25) is 0 Å². The van der Waals surface area contributed by atoms with Crippen molar-refractivity contribution in [2.75, 3.05) is 43.1 Å². The monoisotopic (exact) mass is 374 g/mol. The fourth-order valence-corrected chi connectivity index (χ4v) is 4.47. The summed E-state index contributed by atoms with van der Waals surface area (Å²) < 4.78 is 10.7. The molecular weight excluding hydrogens is 344 g/mol. The normalized spacial score (nSPS) is 27.1. The molecule has 0 aliphatic carbocycles. The van der Waals surface area contributed by atoms with E-state index in [0.29, 0.717) is 31.1 Å². The summed E-state index contributed by atoms with van der Waals surface area (Å²) in [5.74, 6) is 0.528. The molecule has 1 N–H and O–H groups in total. The second-order valence-corrected chi connectivity index (χ2v) is 7.86. The van der Waals surface area contributed by atoms with Crippen molar-refractivity contribution >= 4 is 17.6 Å². The number of amides is 1. The molecule has 4 rings (SSSR count). The number of ether oxygens (including phenoxy) is 2. The van der Waals surface area contributed by atoms with Crippen molar-refractivity contribution in [1.29, 1.82) is 0 Å². The third-order valence-corrected chi connectivity index (χ3v) is 6.02. The zero-order valence-corrected chi connectivity index (χ0v) is 16.1. The topological polar surface area (TPSA) is 66.9 Å². The van der Waals surface area contributed by atoms with Crippen LogP contribution in [0.2, 0.25) is 0 Å². The van der Waals surface area contributed by atoms with Crippen LogP contribution in [0.1, 0.15) is 39.0 Å². The summed E-state index contributed by atoms with van der Waals surface area (Å²) in [6.45, 7) is 7.00. The lowest BCUT2D eigenvalue weighted by Gasteiger charge is -2.28. The van der Waals surface area contributed by atoms with Crippen LogP contribution in [0.3, 0.4) is 0 Å². The molecule has 1 aromatic rings. The fraction of sp³-hybridized carbons (Fsp3) is 0.700. The summed E-state index contributed by atoms with van der Waals surface area (Å²) in [4.78, 5) is 21.5. The molecule has 3 aliphatic rings. The lowest BCUT2D eigenvalue weighted by atomic mass is 10.2. The fourth-order valence-electron chi connectivity index (χ4n) is 4.47. The molecule has 0 aromatic carbocycles. The van der Waals surface area contributed by atoms with Crippen molar-refractivity contribution < 1.29 is 14.3 Å². The van der Waals surface area contributed by atoms with Gasteiger partial charge in [-0.3, -0.25) is 10.2 Å². The first-order valence-electron chi connectivity index (χ1n) is 10.2. The summed E-state index contributed by atoms with van der Waals surface area (Å²) in [6, 6.07) is 5.25. The summed E-state index contributed by atoms with van der Waals surface area (Å²) in [6.07, 6.45) is 6.71. The lowest BCUT2D eigenvalue weighted by Crippen LogP contribution is -2.39. The van der Waals surface area contributed by atoms with E-state index in [1.165, 1.54) is 25.8 Å². The highest BCUT2D eigenvalue weighted by atomic mass is 16.6. The highest BCUT2D eigenvalue weighted by Crippen LogP contribution is 2.28. The minimum absolute atomic E-state index is 0.0625. The molecule has 3 fully saturated rings. The van der Waals surface area contributed by atoms with E-state index in [1.54, 1.807) is 0 Å². The van der Waals surface area contributed by atoms with E-state index >= 15 is 0 Å². The van der Waals surface area contributed by atoms with Crippen molar-refractivity contribution in [2.45, 2.75) is 57.2 Å². The Kier molecular flexibility index (Phi) is 5.78. The van der Waals surface area contributed by atoms with Crippen molar-refractivity contribution in [3.05, 3.63) is 18.3 Å². The van der Waals surface area contributed by atoms with Crippen LogP contribution >= 0.6 is 0 Å². The van der Waals surface area contributed by atoms with Crippen LogP contribution < -0.4 is 10.2 Å². The number of anilines is 2. The van der Waals surface area contributed by atoms with Crippen LogP contribution in [0.5, 0.6) is 0 Å². The van der Waals surface area contributed by atoms with Gasteiger partial charge in [0, 0.05) is 38.0 Å². The molecule has 3 saturated heterocycles. The number of nitrogens with one attached hydrogen (secondary N) is 1. The maximum absolute atomic E-state index is 12.0. The van der Waals surface area contributed by atoms with Gasteiger partial charge < -0.3 is 14.4 Å². The van der Waals surface area contributed by atoms with Crippen LogP contribution in [0.4, 0.5) is 16.3 Å². The number of hydrogen-bond donors (Lipinski definition) is 1. The molecule has 2 atom stereocenters. The smallest absolute Gasteiger partial charge is 0.413 e. The highest BCUT2D eigenvalue weighted by molar-refractivity contribution is 5.83. The Balaban J connectivity index is 1.28. The van der Waals surface area contributed by atoms with Crippen LogP contribution in [0.25, 0.3) is 0 Å². The number of pyridine rings is 1. The summed E-state index contributed by atoms with van der Waals surface area (Å²) in [5.41, 5.74) is 1.12. The number of likely N-dealkylation sites (tertiary alicyclic amines) is 1. The summed E-state index contributed by atoms with van der Waals surface area (Å²) >= 11 is 0. The molecule has 1 aromatic heterocycles. The predicted molar refractivity (Wildman–Crippen MR) is 104 cm³/mol. The predicted octanol–water partition coefficient (Wildman–Crippen LogP) is 2.87. The summed E-state index contributed by atoms with van der Waals surface area (Å²) in [5, 5.41) is 2.73. The summed E-state index contributed by atoms with van der Waals surface area (Å²) in [7, 11) is 0. The van der Waals surface area contributed by atoms with Crippen molar-refractivity contribution in [3.8, 4) is 0 Å². The Labute approximate surface area is 161 Å². The molecule has 0 radical (unpaired) electrons. The number of hydrogen-bond acceptors (Lipinski definition) is 6. The standard InChI is InChI=1S/C20H30N4O3/c1-15-3-2-9-24(15)17-6-10-23(14-17)16-4-5-19(21-13-16)22-20(25)27-18-7-11-26-12-8-18/h4-5,13,15,17-18H,2-3,6-12,14H2,1H3,(H,21,22,25)/t15-,17-/m0/s1. The molecule has 148 valence electrons. The number of rotatable bonds is 4. The number of aromatic nitrogens is 1. The third-order valence-electron chi connectivity index (χ3n) is 6.02. The van der Waals surface area contributed by atoms with Gasteiger partial charge in [-0.15, -0.1) is 0 Å². The molecule has 0 bridgehead atoms. The highest BCUT2D eigenvalue weighted by Gasteiger charge is 2.33. The Morgan fingerprint density at radius 1 is 1.22 bits per heavy atom. The Bertz CT molecular complexity index is 633. The zero-order valence-electron chi connectivity index (χ0n) is 16.1. The maximum atomic E-state index is 12.0. The number of carbonyl (C=O) groups is 1. The minimum Gasteiger partial charge on any atom is -0.446 e. The van der Waals surface area contributed by atoms with Gasteiger partial charge in [0.05, 0.1) is 25.1 Å². The van der Waals surface area contributed by atoms with E-state index in [9.17, 15) is 4.79 Å². The van der Waals surface area contributed by atoms with Gasteiger partial charge in [-0.2, -0.15) is 0 Å². The van der Waals surface area contributed by atoms with E-state index in [1.807, 2.05) is 18.3 Å². The molecular formula is C20H30N4O3. The number of carbonyl (C=O) groups excluding carboxylic acids is 1. The number of nitrogens with zero attached hydrogens (tertiary/aromatic N) is 3. The Morgan fingerprint density at radius 2 is 2.07 bits per heavy atom. The van der Waals surface area contributed by atoms with Gasteiger partial charge in [-0.25, -0.2) is 9.78 Å². The van der Waals surface area contributed by atoms with Crippen LogP contribution in [0, 0.1) is 0 Å². The zero-order chi connectivity index (χ0) is 18.6. The SMILES string of the molecule is C[C@H]1CCCN1[C@H]1CCN(c2ccc(NC(=O)OC3CCOCC3)nc2)C1. The van der Waals surface area contributed by atoms with Gasteiger partial charge in [0.1, 0.15) is 11.9 Å². The van der Waals surface area contributed by atoms with Gasteiger partial charge in [0.15, 0.2) is 0 Å². The van der Waals surface area contributed by atoms with E-state index in [4.69, 9.17) is 9.47 Å². The average Bonchev–Trinajstić information content (AvgIpc) is 3.32. The third kappa shape index (κ3) is 4.52. The first kappa shape index (κ1) is 18.5. The largest absolute Gasteiger partial charge is 0.446 e. The molecule has 0 spiro atoms. The van der Waals surface area contributed by atoms with Gasteiger partial charge >= 0.3 is 6.09 Å². The quantitative estimate of drug-likeness (QED) is 0.874. The molecule has 3 aliphatic heterocycles. The van der Waals surface area contributed by atoms with Crippen LogP contribution in [0.15, 0.2) is 18.3 Å². The van der Waals surface area contributed by atoms with Crippen molar-refractivity contribution in [2.24, 2.45) is 0 Å². The molecule has 27 heavy (non-hydrogen) atoms. The van der Waals surface area contributed by atoms with Crippen LogP contribution in [-0.4, -0.2) is 67.0 Å². The molecule has 0 saturated carbocycles.